The van der Waals surface area contributed by atoms with Gasteiger partial charge in [-0.3, -0.25) is 0 Å². The zero-order valence-corrected chi connectivity index (χ0v) is 12.3. The third-order valence-electron chi connectivity index (χ3n) is 8.47. The highest BCUT2D eigenvalue weighted by atomic mass is 14.8. The van der Waals surface area contributed by atoms with Crippen LogP contribution in [0, 0.1) is 46.8 Å². The summed E-state index contributed by atoms with van der Waals surface area (Å²) >= 11 is 0. The first-order chi connectivity index (χ1) is 8.50. The summed E-state index contributed by atoms with van der Waals surface area (Å²) in [6, 6.07) is 0. The third-order valence-corrected chi connectivity index (χ3v) is 8.47. The Morgan fingerprint density at radius 1 is 0.833 bits per heavy atom. The molecular weight excluding hydrogens is 214 g/mol. The van der Waals surface area contributed by atoms with Gasteiger partial charge < -0.3 is 0 Å². The van der Waals surface area contributed by atoms with Crippen LogP contribution in [0.4, 0.5) is 0 Å². The van der Waals surface area contributed by atoms with Gasteiger partial charge in [0.25, 0.3) is 0 Å². The van der Waals surface area contributed by atoms with Crippen molar-refractivity contribution < 1.29 is 0 Å². The van der Waals surface area contributed by atoms with Gasteiger partial charge in [0.15, 0.2) is 0 Å². The van der Waals surface area contributed by atoms with Gasteiger partial charge in [-0.1, -0.05) is 12.1 Å². The maximum absolute atomic E-state index is 2.58. The van der Waals surface area contributed by atoms with E-state index in [4.69, 9.17) is 0 Å². The molecule has 7 aliphatic rings. The second-order valence-electron chi connectivity index (χ2n) is 9.61. The van der Waals surface area contributed by atoms with Crippen molar-refractivity contribution in [3.8, 4) is 0 Å². The van der Waals surface area contributed by atoms with E-state index in [1.807, 2.05) is 0 Å². The Balaban J connectivity index is 1.72. The maximum Gasteiger partial charge on any atom is 0.0995 e. The van der Waals surface area contributed by atoms with Gasteiger partial charge in [-0.2, -0.15) is 0 Å². The molecule has 7 fully saturated rings. The van der Waals surface area contributed by atoms with Gasteiger partial charge in [0.05, 0.1) is 15.7 Å². The molecule has 0 aliphatic heterocycles. The molecule has 0 amide bonds. The molecule has 0 N–H and O–H groups in total. The molecule has 4 atom stereocenters. The summed E-state index contributed by atoms with van der Waals surface area (Å²) in [6.45, 7) is 2.58. The normalized spacial score (nSPS) is 63.7. The van der Waals surface area contributed by atoms with Crippen LogP contribution in [-0.4, -0.2) is 15.7 Å². The standard InChI is InChI=1S/C16H26B2/c1-15(17,18)16-7-9-3-11-10-2-8(5-13(11)16)6-14(16)12(10)4-9/h8-14H,2-7,17-18H2,1H3. The van der Waals surface area contributed by atoms with Crippen LogP contribution < -0.4 is 0 Å². The first kappa shape index (κ1) is 10.9. The molecule has 0 nitrogen and oxygen atoms in total. The summed E-state index contributed by atoms with van der Waals surface area (Å²) in [5.41, 5.74) is 0.761. The topological polar surface area (TPSA) is 0 Å². The summed E-state index contributed by atoms with van der Waals surface area (Å²) in [5, 5.41) is 0.561. The Morgan fingerprint density at radius 2 is 1.39 bits per heavy atom. The van der Waals surface area contributed by atoms with Crippen molar-refractivity contribution in [3.63, 3.8) is 0 Å². The molecule has 0 heterocycles. The summed E-state index contributed by atoms with van der Waals surface area (Å²) in [5.74, 6) is 8.03. The lowest BCUT2D eigenvalue weighted by molar-refractivity contribution is -0.260. The van der Waals surface area contributed by atoms with E-state index in [1.54, 1.807) is 38.5 Å². The maximum atomic E-state index is 2.58. The molecule has 7 rings (SSSR count). The van der Waals surface area contributed by atoms with E-state index in [2.05, 4.69) is 22.6 Å². The smallest absolute Gasteiger partial charge is 0.0812 e. The highest BCUT2D eigenvalue weighted by Gasteiger charge is 2.71. The monoisotopic (exact) mass is 240 g/mol. The van der Waals surface area contributed by atoms with Crippen LogP contribution in [0.3, 0.4) is 0 Å². The van der Waals surface area contributed by atoms with Crippen LogP contribution in [-0.2, 0) is 0 Å². The van der Waals surface area contributed by atoms with Crippen molar-refractivity contribution in [1.82, 2.24) is 0 Å². The van der Waals surface area contributed by atoms with Gasteiger partial charge in [0.2, 0.25) is 0 Å². The Kier molecular flexibility index (Phi) is 1.76. The molecule has 8 bridgehead atoms. The minimum absolute atomic E-state index is 0.561. The van der Waals surface area contributed by atoms with Crippen molar-refractivity contribution in [2.45, 2.75) is 50.7 Å². The number of hydrogen-bond donors (Lipinski definition) is 0. The molecule has 96 valence electrons. The molecule has 4 unspecified atom stereocenters. The summed E-state index contributed by atoms with van der Waals surface area (Å²) in [6.07, 6.45) is 9.74. The quantitative estimate of drug-likeness (QED) is 0.615. The van der Waals surface area contributed by atoms with Crippen LogP contribution in [0.15, 0.2) is 0 Å². The Bertz CT molecular complexity index is 386. The van der Waals surface area contributed by atoms with Crippen LogP contribution in [0.5, 0.6) is 0 Å². The molecule has 0 saturated heterocycles. The van der Waals surface area contributed by atoms with Crippen LogP contribution in [0.1, 0.15) is 45.4 Å². The van der Waals surface area contributed by atoms with Crippen molar-refractivity contribution in [1.29, 1.82) is 0 Å². The van der Waals surface area contributed by atoms with Gasteiger partial charge in [0.1, 0.15) is 0 Å². The molecule has 7 aliphatic carbocycles. The van der Waals surface area contributed by atoms with Crippen molar-refractivity contribution in [2.24, 2.45) is 46.8 Å². The zero-order chi connectivity index (χ0) is 12.3. The molecule has 0 aromatic heterocycles. The fourth-order valence-electron chi connectivity index (χ4n) is 8.37. The van der Waals surface area contributed by atoms with Gasteiger partial charge in [-0.25, -0.2) is 0 Å². The average Bonchev–Trinajstić information content (AvgIpc) is 2.33. The fourth-order valence-corrected chi connectivity index (χ4v) is 8.37. The minimum atomic E-state index is 0.561. The molecule has 0 spiro atoms. The first-order valence-corrected chi connectivity index (χ1v) is 8.50. The van der Waals surface area contributed by atoms with Gasteiger partial charge in [0, 0.05) is 0 Å². The molecule has 18 heavy (non-hydrogen) atoms. The molecule has 2 heteroatoms. The van der Waals surface area contributed by atoms with Crippen LogP contribution in [0.25, 0.3) is 0 Å². The van der Waals surface area contributed by atoms with E-state index in [0.717, 1.165) is 40.9 Å². The van der Waals surface area contributed by atoms with E-state index in [1.165, 1.54) is 5.92 Å². The van der Waals surface area contributed by atoms with E-state index in [9.17, 15) is 0 Å². The average molecular weight is 240 g/mol. The number of hydrogen-bond acceptors (Lipinski definition) is 0. The first-order valence-electron chi connectivity index (χ1n) is 8.50. The molecule has 7 saturated carbocycles. The lowest BCUT2D eigenvalue weighted by Gasteiger charge is -2.78. The SMILES string of the molecule is BC(B)(C)C12CC3CC4C5CC(CC41)CC2C5C3. The summed E-state index contributed by atoms with van der Waals surface area (Å²) in [7, 11) is 5.16. The minimum Gasteiger partial charge on any atom is -0.0812 e. The highest BCUT2D eigenvalue weighted by molar-refractivity contribution is 6.40. The third kappa shape index (κ3) is 0.957. The zero-order valence-electron chi connectivity index (χ0n) is 12.3. The Hall–Kier alpha value is 0.130. The van der Waals surface area contributed by atoms with Crippen LogP contribution in [0.2, 0.25) is 5.21 Å². The largest absolute Gasteiger partial charge is 0.0995 e. The van der Waals surface area contributed by atoms with E-state index >= 15 is 0 Å². The second-order valence-corrected chi connectivity index (χ2v) is 9.61. The Labute approximate surface area is 113 Å². The predicted octanol–water partition coefficient (Wildman–Crippen LogP) is 2.10. The summed E-state index contributed by atoms with van der Waals surface area (Å²) in [4.78, 5) is 0. The fraction of sp³-hybridized carbons (Fsp3) is 1.00. The molecular formula is C16H26B2. The van der Waals surface area contributed by atoms with Crippen LogP contribution >= 0.6 is 0 Å². The summed E-state index contributed by atoms with van der Waals surface area (Å²) < 4.78 is 0. The lowest BCUT2D eigenvalue weighted by Crippen LogP contribution is -2.70. The molecule has 0 aromatic rings. The molecule has 0 radical (unpaired) electrons. The van der Waals surface area contributed by atoms with Crippen molar-refractivity contribution >= 4 is 15.7 Å². The van der Waals surface area contributed by atoms with E-state index in [-0.39, 0.29) is 0 Å². The van der Waals surface area contributed by atoms with Gasteiger partial charge >= 0.3 is 0 Å². The highest BCUT2D eigenvalue weighted by Crippen LogP contribution is 2.79. The second kappa shape index (κ2) is 2.91. The van der Waals surface area contributed by atoms with Crippen molar-refractivity contribution in [2.75, 3.05) is 0 Å². The molecule has 0 aromatic carbocycles. The predicted molar refractivity (Wildman–Crippen MR) is 80.0 cm³/mol. The lowest BCUT2D eigenvalue weighted by atomic mass is 9.22. The Morgan fingerprint density at radius 3 is 1.94 bits per heavy atom. The van der Waals surface area contributed by atoms with Gasteiger partial charge in [-0.05, 0) is 85.4 Å². The van der Waals surface area contributed by atoms with Gasteiger partial charge in [-0.15, -0.1) is 0 Å². The van der Waals surface area contributed by atoms with Crippen molar-refractivity contribution in [3.05, 3.63) is 0 Å². The van der Waals surface area contributed by atoms with E-state index in [0.29, 0.717) is 5.21 Å². The van der Waals surface area contributed by atoms with E-state index < -0.39 is 0 Å². The number of rotatable bonds is 1.